The molecule has 0 bridgehead atoms. The number of aliphatic hydroxyl groups is 1. The fraction of sp³-hybridized carbons (Fsp3) is 0.583. The molecule has 4 atom stereocenters. The van der Waals surface area contributed by atoms with Gasteiger partial charge in [-0.15, -0.1) is 11.3 Å². The Bertz CT molecular complexity index is 1190. The largest absolute Gasteiger partial charge is 0.390 e. The van der Waals surface area contributed by atoms with Crippen molar-refractivity contribution in [3.05, 3.63) is 23.7 Å². The summed E-state index contributed by atoms with van der Waals surface area (Å²) >= 11 is 1.63. The van der Waals surface area contributed by atoms with E-state index in [1.165, 1.54) is 0 Å². The summed E-state index contributed by atoms with van der Waals surface area (Å²) in [5.74, 6) is 1.63. The third-order valence-corrected chi connectivity index (χ3v) is 8.99. The van der Waals surface area contributed by atoms with Crippen molar-refractivity contribution in [1.82, 2.24) is 19.9 Å². The Kier molecular flexibility index (Phi) is 4.94. The van der Waals surface area contributed by atoms with Gasteiger partial charge in [0.25, 0.3) is 0 Å². The van der Waals surface area contributed by atoms with Crippen molar-refractivity contribution < 1.29 is 5.11 Å². The summed E-state index contributed by atoms with van der Waals surface area (Å²) in [6, 6.07) is 2.33. The molecule has 0 saturated heterocycles. The van der Waals surface area contributed by atoms with Gasteiger partial charge in [0.2, 0.25) is 5.95 Å². The normalized spacial score (nSPS) is 26.7. The summed E-state index contributed by atoms with van der Waals surface area (Å²) in [6.45, 7) is 10.2. The Balaban J connectivity index is 1.44. The topological polar surface area (TPSA) is 110 Å². The number of aromatic nitrogens is 4. The molecule has 32 heavy (non-hydrogen) atoms. The van der Waals surface area contributed by atoms with Gasteiger partial charge in [-0.3, -0.25) is 4.98 Å². The highest BCUT2D eigenvalue weighted by molar-refractivity contribution is 7.21. The van der Waals surface area contributed by atoms with Crippen LogP contribution in [0.15, 0.2) is 12.3 Å². The maximum atomic E-state index is 11.0. The number of nitrogens with one attached hydrogen (secondary N) is 1. The lowest BCUT2D eigenvalue weighted by Crippen LogP contribution is -2.38. The van der Waals surface area contributed by atoms with Crippen LogP contribution < -0.4 is 11.1 Å². The van der Waals surface area contributed by atoms with Crippen LogP contribution in [0.3, 0.4) is 0 Å². The molecule has 1 spiro atoms. The minimum absolute atomic E-state index is 0.239. The summed E-state index contributed by atoms with van der Waals surface area (Å²) in [5, 5.41) is 15.6. The molecule has 3 aromatic rings. The molecule has 4 N–H and O–H groups in total. The second-order valence-electron chi connectivity index (χ2n) is 10.2. The monoisotopic (exact) mass is 452 g/mol. The molecule has 3 aromatic heterocycles. The first kappa shape index (κ1) is 21.5. The van der Waals surface area contributed by atoms with Crippen molar-refractivity contribution in [2.45, 2.75) is 71.9 Å². The molecule has 0 aliphatic heterocycles. The number of nitrogens with two attached hydrogens (primary N) is 1. The molecular formula is C24H32N6OS. The molecule has 3 heterocycles. The molecule has 5 rings (SSSR count). The van der Waals surface area contributed by atoms with Gasteiger partial charge in [0.15, 0.2) is 0 Å². The van der Waals surface area contributed by atoms with Crippen molar-refractivity contribution in [3.63, 3.8) is 0 Å². The number of fused-ring (bicyclic) bond motifs is 1. The van der Waals surface area contributed by atoms with Crippen LogP contribution in [0.25, 0.3) is 20.8 Å². The summed E-state index contributed by atoms with van der Waals surface area (Å²) in [7, 11) is 0. The molecule has 0 aromatic carbocycles. The van der Waals surface area contributed by atoms with E-state index in [0.717, 1.165) is 63.7 Å². The molecule has 2 saturated carbocycles. The predicted molar refractivity (Wildman–Crippen MR) is 130 cm³/mol. The third kappa shape index (κ3) is 3.44. The van der Waals surface area contributed by atoms with E-state index in [2.05, 4.69) is 34.1 Å². The molecule has 170 valence electrons. The van der Waals surface area contributed by atoms with Crippen molar-refractivity contribution >= 4 is 33.3 Å². The molecule has 2 aliphatic rings. The standard InChI is InChI=1S/C24H32N6OS/c1-12(2)23(5,31)15-6-8-24(10-15)11-17(24)28-20-18(13(3)27-22(25)30-20)21-29-19-14(4)26-9-7-16(19)32-21/h7,9,12,15,17,31H,6,8,10-11H2,1-5H3,(H3,25,27,28,30)/t15-,17?,23-,24?/m1/s1. The van der Waals surface area contributed by atoms with Gasteiger partial charge in [-0.1, -0.05) is 13.8 Å². The van der Waals surface area contributed by atoms with Gasteiger partial charge >= 0.3 is 0 Å². The van der Waals surface area contributed by atoms with Gasteiger partial charge < -0.3 is 16.2 Å². The first-order valence-electron chi connectivity index (χ1n) is 11.5. The van der Waals surface area contributed by atoms with Gasteiger partial charge in [-0.25, -0.2) is 9.97 Å². The molecule has 0 amide bonds. The number of hydrogen-bond donors (Lipinski definition) is 3. The van der Waals surface area contributed by atoms with Crippen LogP contribution in [-0.4, -0.2) is 36.7 Å². The minimum atomic E-state index is -0.620. The van der Waals surface area contributed by atoms with Crippen molar-refractivity contribution in [1.29, 1.82) is 0 Å². The fourth-order valence-electron chi connectivity index (χ4n) is 5.39. The van der Waals surface area contributed by atoms with Crippen LogP contribution in [0.5, 0.6) is 0 Å². The lowest BCUT2D eigenvalue weighted by molar-refractivity contribution is -0.0414. The van der Waals surface area contributed by atoms with Crippen molar-refractivity contribution in [2.24, 2.45) is 17.3 Å². The fourth-order valence-corrected chi connectivity index (χ4v) is 6.50. The minimum Gasteiger partial charge on any atom is -0.390 e. The molecule has 0 radical (unpaired) electrons. The first-order chi connectivity index (χ1) is 15.1. The average molecular weight is 453 g/mol. The predicted octanol–water partition coefficient (Wildman–Crippen LogP) is 4.73. The molecule has 7 nitrogen and oxygen atoms in total. The Morgan fingerprint density at radius 2 is 2.00 bits per heavy atom. The van der Waals surface area contributed by atoms with E-state index in [0.29, 0.717) is 12.0 Å². The third-order valence-electron chi connectivity index (χ3n) is 7.95. The van der Waals surface area contributed by atoms with Gasteiger partial charge in [-0.05, 0) is 69.8 Å². The molecular weight excluding hydrogens is 420 g/mol. The highest BCUT2D eigenvalue weighted by atomic mass is 32.1. The lowest BCUT2D eigenvalue weighted by Gasteiger charge is -2.34. The van der Waals surface area contributed by atoms with Gasteiger partial charge in [0, 0.05) is 12.2 Å². The van der Waals surface area contributed by atoms with Crippen LogP contribution in [0.2, 0.25) is 0 Å². The summed E-state index contributed by atoms with van der Waals surface area (Å²) in [6.07, 6.45) is 6.19. The van der Waals surface area contributed by atoms with Crippen molar-refractivity contribution in [2.75, 3.05) is 11.1 Å². The van der Waals surface area contributed by atoms with Gasteiger partial charge in [-0.2, -0.15) is 4.98 Å². The molecule has 2 unspecified atom stereocenters. The Morgan fingerprint density at radius 1 is 1.22 bits per heavy atom. The smallest absolute Gasteiger partial charge is 0.222 e. The SMILES string of the molecule is Cc1nc(N)nc(NC2CC23CC[C@@H]([C@](C)(O)C(C)C)C3)c1-c1nc2c(C)nccc2s1. The Labute approximate surface area is 192 Å². The number of nitrogens with zero attached hydrogens (tertiary/aromatic N) is 4. The molecule has 2 fully saturated rings. The van der Waals surface area contributed by atoms with E-state index in [1.54, 1.807) is 11.3 Å². The maximum absolute atomic E-state index is 11.0. The summed E-state index contributed by atoms with van der Waals surface area (Å²) in [5.41, 5.74) is 9.25. The van der Waals surface area contributed by atoms with Crippen LogP contribution in [-0.2, 0) is 0 Å². The van der Waals surface area contributed by atoms with E-state index in [9.17, 15) is 5.11 Å². The number of pyridine rings is 1. The number of rotatable bonds is 5. The van der Waals surface area contributed by atoms with Crippen molar-refractivity contribution in [3.8, 4) is 10.6 Å². The number of thiazole rings is 1. The second kappa shape index (κ2) is 7.35. The second-order valence-corrected chi connectivity index (χ2v) is 11.3. The van der Waals surface area contributed by atoms with Crippen LogP contribution in [0, 0.1) is 31.1 Å². The number of anilines is 2. The Morgan fingerprint density at radius 3 is 2.72 bits per heavy atom. The van der Waals surface area contributed by atoms with E-state index in [1.807, 2.05) is 33.0 Å². The summed E-state index contributed by atoms with van der Waals surface area (Å²) in [4.78, 5) is 18.3. The van der Waals surface area contributed by atoms with E-state index >= 15 is 0 Å². The van der Waals surface area contributed by atoms with Crippen LogP contribution >= 0.6 is 11.3 Å². The average Bonchev–Trinajstić information content (AvgIpc) is 3.04. The zero-order chi connectivity index (χ0) is 22.8. The number of aryl methyl sites for hydroxylation is 2. The van der Waals surface area contributed by atoms with Gasteiger partial charge in [0.05, 0.1) is 27.3 Å². The van der Waals surface area contributed by atoms with E-state index in [-0.39, 0.29) is 17.3 Å². The first-order valence-corrected chi connectivity index (χ1v) is 12.3. The molecule has 2 aliphatic carbocycles. The highest BCUT2D eigenvalue weighted by Crippen LogP contribution is 2.63. The maximum Gasteiger partial charge on any atom is 0.222 e. The van der Waals surface area contributed by atoms with Crippen LogP contribution in [0.4, 0.5) is 11.8 Å². The lowest BCUT2D eigenvalue weighted by atomic mass is 9.78. The molecule has 8 heteroatoms. The van der Waals surface area contributed by atoms with Gasteiger partial charge in [0.1, 0.15) is 16.3 Å². The Hall–Kier alpha value is -2.32. The van der Waals surface area contributed by atoms with Crippen LogP contribution in [0.1, 0.15) is 57.8 Å². The zero-order valence-corrected chi connectivity index (χ0v) is 20.3. The number of nitrogen functional groups attached to an aromatic ring is 1. The zero-order valence-electron chi connectivity index (χ0n) is 19.4. The quantitative estimate of drug-likeness (QED) is 0.513. The summed E-state index contributed by atoms with van der Waals surface area (Å²) < 4.78 is 1.10. The highest BCUT2D eigenvalue weighted by Gasteiger charge is 2.60. The van der Waals surface area contributed by atoms with E-state index in [4.69, 9.17) is 10.7 Å². The number of hydrogen-bond acceptors (Lipinski definition) is 8. The van der Waals surface area contributed by atoms with E-state index < -0.39 is 5.60 Å².